The molecule has 0 aromatic heterocycles. The fraction of sp³-hybridized carbons (Fsp3) is 0.381. The van der Waals surface area contributed by atoms with Crippen molar-refractivity contribution < 1.29 is 14.6 Å². The summed E-state index contributed by atoms with van der Waals surface area (Å²) in [5, 5.41) is 9.47. The molecule has 1 N–H and O–H groups in total. The third-order valence-corrected chi connectivity index (χ3v) is 4.86. The summed E-state index contributed by atoms with van der Waals surface area (Å²) in [5.74, 6) is 0.110. The monoisotopic (exact) mass is 339 g/mol. The molecule has 0 spiro atoms. The summed E-state index contributed by atoms with van der Waals surface area (Å²) in [7, 11) is 0. The summed E-state index contributed by atoms with van der Waals surface area (Å²) in [6.45, 7) is 3.48. The molecule has 2 atom stereocenters. The lowest BCUT2D eigenvalue weighted by Gasteiger charge is -2.31. The average Bonchev–Trinajstić information content (AvgIpc) is 3.12. The molecule has 0 amide bonds. The Morgan fingerprint density at radius 1 is 1.24 bits per heavy atom. The molecule has 1 aliphatic heterocycles. The molecule has 4 heteroatoms. The zero-order chi connectivity index (χ0) is 17.6. The normalized spacial score (nSPS) is 18.8. The highest BCUT2D eigenvalue weighted by molar-refractivity contribution is 5.73. The van der Waals surface area contributed by atoms with Crippen LogP contribution < -0.4 is 4.74 Å². The van der Waals surface area contributed by atoms with E-state index < -0.39 is 5.97 Å². The number of ether oxygens (including phenoxy) is 1. The van der Waals surface area contributed by atoms with Gasteiger partial charge < -0.3 is 9.84 Å². The predicted octanol–water partition coefficient (Wildman–Crippen LogP) is 4.27. The van der Waals surface area contributed by atoms with Gasteiger partial charge in [-0.25, -0.2) is 0 Å². The molecule has 1 aliphatic rings. The predicted molar refractivity (Wildman–Crippen MR) is 97.6 cm³/mol. The molecular weight excluding hydrogens is 314 g/mol. The first kappa shape index (κ1) is 17.5. The van der Waals surface area contributed by atoms with E-state index in [0.29, 0.717) is 6.61 Å². The van der Waals surface area contributed by atoms with Crippen molar-refractivity contribution in [2.75, 3.05) is 6.54 Å². The van der Waals surface area contributed by atoms with E-state index in [9.17, 15) is 9.90 Å². The van der Waals surface area contributed by atoms with Crippen molar-refractivity contribution in [3.63, 3.8) is 0 Å². The number of rotatable bonds is 7. The second kappa shape index (κ2) is 8.17. The first-order valence-electron chi connectivity index (χ1n) is 8.94. The van der Waals surface area contributed by atoms with Crippen LogP contribution in [0.5, 0.6) is 5.75 Å². The number of likely N-dealkylation sites (tertiary alicyclic amines) is 1. The summed E-state index contributed by atoms with van der Waals surface area (Å²) in [6, 6.07) is 17.9. The van der Waals surface area contributed by atoms with Crippen LogP contribution in [0.1, 0.15) is 43.4 Å². The maximum absolute atomic E-state index is 11.5. The minimum Gasteiger partial charge on any atom is -0.489 e. The molecule has 132 valence electrons. The van der Waals surface area contributed by atoms with Gasteiger partial charge >= 0.3 is 5.97 Å². The van der Waals surface area contributed by atoms with E-state index in [1.165, 1.54) is 0 Å². The molecule has 2 aromatic carbocycles. The molecular formula is C21H25NO3. The summed E-state index contributed by atoms with van der Waals surface area (Å²) in [6.07, 6.45) is 2.56. The lowest BCUT2D eigenvalue weighted by atomic mass is 10.0. The number of carboxylic acids is 1. The van der Waals surface area contributed by atoms with E-state index in [-0.39, 0.29) is 12.1 Å². The SMILES string of the molecule is CCC(c1cccc(OCc2ccccc2)c1)N1CCCC1C(=O)O. The lowest BCUT2D eigenvalue weighted by Crippen LogP contribution is -2.38. The van der Waals surface area contributed by atoms with Crippen molar-refractivity contribution in [3.05, 3.63) is 65.7 Å². The largest absolute Gasteiger partial charge is 0.489 e. The van der Waals surface area contributed by atoms with Crippen LogP contribution in [-0.4, -0.2) is 28.6 Å². The van der Waals surface area contributed by atoms with Crippen molar-refractivity contribution in [1.82, 2.24) is 4.90 Å². The van der Waals surface area contributed by atoms with Crippen molar-refractivity contribution in [2.45, 2.75) is 44.9 Å². The van der Waals surface area contributed by atoms with Gasteiger partial charge in [0, 0.05) is 6.04 Å². The van der Waals surface area contributed by atoms with Gasteiger partial charge in [0.2, 0.25) is 0 Å². The van der Waals surface area contributed by atoms with Crippen molar-refractivity contribution >= 4 is 5.97 Å². The smallest absolute Gasteiger partial charge is 0.320 e. The van der Waals surface area contributed by atoms with E-state index in [2.05, 4.69) is 17.9 Å². The minimum atomic E-state index is -0.715. The van der Waals surface area contributed by atoms with Crippen molar-refractivity contribution in [2.24, 2.45) is 0 Å². The van der Waals surface area contributed by atoms with Crippen LogP contribution in [0.15, 0.2) is 54.6 Å². The van der Waals surface area contributed by atoms with E-state index in [1.807, 2.05) is 48.5 Å². The zero-order valence-corrected chi connectivity index (χ0v) is 14.6. The molecule has 2 aromatic rings. The van der Waals surface area contributed by atoms with Crippen LogP contribution >= 0.6 is 0 Å². The van der Waals surface area contributed by atoms with Crippen LogP contribution in [0.4, 0.5) is 0 Å². The molecule has 4 nitrogen and oxygen atoms in total. The first-order valence-corrected chi connectivity index (χ1v) is 8.94. The van der Waals surface area contributed by atoms with E-state index in [0.717, 1.165) is 42.7 Å². The van der Waals surface area contributed by atoms with Crippen molar-refractivity contribution in [1.29, 1.82) is 0 Å². The third kappa shape index (κ3) is 4.20. The highest BCUT2D eigenvalue weighted by Crippen LogP contribution is 2.33. The lowest BCUT2D eigenvalue weighted by molar-refractivity contribution is -0.143. The molecule has 3 rings (SSSR count). The Bertz CT molecular complexity index is 701. The van der Waals surface area contributed by atoms with Gasteiger partial charge in [0.05, 0.1) is 0 Å². The average molecular weight is 339 g/mol. The minimum absolute atomic E-state index is 0.115. The number of nitrogens with zero attached hydrogens (tertiary/aromatic N) is 1. The molecule has 1 saturated heterocycles. The topological polar surface area (TPSA) is 49.8 Å². The molecule has 25 heavy (non-hydrogen) atoms. The summed E-state index contributed by atoms with van der Waals surface area (Å²) >= 11 is 0. The molecule has 0 bridgehead atoms. The van der Waals surface area contributed by atoms with Crippen LogP contribution in [0.25, 0.3) is 0 Å². The Labute approximate surface area is 149 Å². The van der Waals surface area contributed by atoms with Gasteiger partial charge in [-0.3, -0.25) is 9.69 Å². The maximum Gasteiger partial charge on any atom is 0.320 e. The summed E-state index contributed by atoms with van der Waals surface area (Å²) in [4.78, 5) is 13.6. The Balaban J connectivity index is 1.73. The van der Waals surface area contributed by atoms with E-state index in [4.69, 9.17) is 4.74 Å². The van der Waals surface area contributed by atoms with Gasteiger partial charge in [0.25, 0.3) is 0 Å². The van der Waals surface area contributed by atoms with Crippen LogP contribution in [0, 0.1) is 0 Å². The second-order valence-electron chi connectivity index (χ2n) is 6.50. The first-order chi connectivity index (χ1) is 12.2. The standard InChI is InChI=1S/C21H25NO3/c1-2-19(22-13-7-12-20(22)21(23)24)17-10-6-11-18(14-17)25-15-16-8-4-3-5-9-16/h3-6,8-11,14,19-20H,2,7,12-13,15H2,1H3,(H,23,24). The number of carbonyl (C=O) groups is 1. The fourth-order valence-electron chi connectivity index (χ4n) is 3.64. The maximum atomic E-state index is 11.5. The van der Waals surface area contributed by atoms with Gasteiger partial charge in [-0.05, 0) is 49.1 Å². The van der Waals surface area contributed by atoms with E-state index in [1.54, 1.807) is 0 Å². The number of hydrogen-bond donors (Lipinski definition) is 1. The fourth-order valence-corrected chi connectivity index (χ4v) is 3.64. The van der Waals surface area contributed by atoms with Gasteiger partial charge in [-0.15, -0.1) is 0 Å². The van der Waals surface area contributed by atoms with Crippen LogP contribution in [0.2, 0.25) is 0 Å². The van der Waals surface area contributed by atoms with Gasteiger partial charge in [0.15, 0.2) is 0 Å². The molecule has 0 radical (unpaired) electrons. The highest BCUT2D eigenvalue weighted by Gasteiger charge is 2.35. The highest BCUT2D eigenvalue weighted by atomic mass is 16.5. The molecule has 2 unspecified atom stereocenters. The molecule has 1 heterocycles. The number of benzene rings is 2. The van der Waals surface area contributed by atoms with Crippen LogP contribution in [-0.2, 0) is 11.4 Å². The second-order valence-corrected chi connectivity index (χ2v) is 6.50. The molecule has 0 saturated carbocycles. The zero-order valence-electron chi connectivity index (χ0n) is 14.6. The number of carboxylic acid groups (broad SMARTS) is 1. The van der Waals surface area contributed by atoms with Gasteiger partial charge in [-0.2, -0.15) is 0 Å². The van der Waals surface area contributed by atoms with E-state index >= 15 is 0 Å². The Hall–Kier alpha value is -2.33. The van der Waals surface area contributed by atoms with Crippen LogP contribution in [0.3, 0.4) is 0 Å². The number of aliphatic carboxylic acids is 1. The van der Waals surface area contributed by atoms with Crippen molar-refractivity contribution in [3.8, 4) is 5.75 Å². The summed E-state index contributed by atoms with van der Waals surface area (Å²) < 4.78 is 5.93. The Morgan fingerprint density at radius 2 is 2.04 bits per heavy atom. The Kier molecular flexibility index (Phi) is 5.71. The summed E-state index contributed by atoms with van der Waals surface area (Å²) in [5.41, 5.74) is 2.26. The quantitative estimate of drug-likeness (QED) is 0.818. The molecule has 0 aliphatic carbocycles. The third-order valence-electron chi connectivity index (χ3n) is 4.86. The molecule has 1 fully saturated rings. The Morgan fingerprint density at radius 3 is 2.76 bits per heavy atom. The van der Waals surface area contributed by atoms with Gasteiger partial charge in [-0.1, -0.05) is 49.4 Å². The van der Waals surface area contributed by atoms with Gasteiger partial charge in [0.1, 0.15) is 18.4 Å². The number of hydrogen-bond acceptors (Lipinski definition) is 3.